The van der Waals surface area contributed by atoms with Gasteiger partial charge in [-0.25, -0.2) is 9.18 Å². The van der Waals surface area contributed by atoms with E-state index < -0.39 is 30.9 Å². The molecule has 0 saturated heterocycles. The third-order valence-corrected chi connectivity index (χ3v) is 3.18. The van der Waals surface area contributed by atoms with Crippen LogP contribution in [0.4, 0.5) is 10.1 Å². The number of halogens is 2. The molecule has 130 valence electrons. The van der Waals surface area contributed by atoms with Gasteiger partial charge in [-0.2, -0.15) is 0 Å². The molecule has 1 N–H and O–H groups in total. The number of carbonyl (C=O) groups excluding carboxylic acids is 3. The van der Waals surface area contributed by atoms with Gasteiger partial charge in [-0.05, 0) is 42.5 Å². The van der Waals surface area contributed by atoms with Crippen LogP contribution in [0.1, 0.15) is 10.4 Å². The Bertz CT molecular complexity index is 779. The molecule has 0 aliphatic carbocycles. The van der Waals surface area contributed by atoms with Crippen molar-refractivity contribution in [2.45, 2.75) is 0 Å². The molecule has 0 atom stereocenters. The quantitative estimate of drug-likeness (QED) is 0.602. The van der Waals surface area contributed by atoms with Gasteiger partial charge in [0.25, 0.3) is 5.91 Å². The minimum atomic E-state index is -0.772. The first-order valence-electron chi connectivity index (χ1n) is 7.06. The average molecular weight is 366 g/mol. The molecule has 0 unspecified atom stereocenters. The summed E-state index contributed by atoms with van der Waals surface area (Å²) in [5.41, 5.74) is 0.401. The van der Waals surface area contributed by atoms with Crippen molar-refractivity contribution in [3.05, 3.63) is 58.9 Å². The molecule has 6 nitrogen and oxygen atoms in total. The molecule has 0 radical (unpaired) electrons. The maximum Gasteiger partial charge on any atom is 0.344 e. The first kappa shape index (κ1) is 18.4. The number of hydrogen-bond acceptors (Lipinski definition) is 5. The van der Waals surface area contributed by atoms with Gasteiger partial charge in [0.2, 0.25) is 0 Å². The summed E-state index contributed by atoms with van der Waals surface area (Å²) in [5, 5.41) is 2.45. The summed E-state index contributed by atoms with van der Waals surface area (Å²) in [6.07, 6.45) is 0.681. The number of ether oxygens (including phenoxy) is 2. The first-order chi connectivity index (χ1) is 12.0. The molecule has 1 amide bonds. The Morgan fingerprint density at radius 3 is 2.48 bits per heavy atom. The van der Waals surface area contributed by atoms with Crippen molar-refractivity contribution in [3.8, 4) is 5.75 Å². The van der Waals surface area contributed by atoms with Crippen LogP contribution >= 0.6 is 11.6 Å². The molecule has 0 saturated carbocycles. The molecule has 25 heavy (non-hydrogen) atoms. The summed E-state index contributed by atoms with van der Waals surface area (Å²) >= 11 is 5.61. The molecular weight excluding hydrogens is 353 g/mol. The van der Waals surface area contributed by atoms with Crippen LogP contribution in [0.2, 0.25) is 5.02 Å². The fourth-order valence-corrected chi connectivity index (χ4v) is 1.91. The largest absolute Gasteiger partial charge is 0.482 e. The lowest BCUT2D eigenvalue weighted by Crippen LogP contribution is -2.24. The number of carbonyl (C=O) groups is 3. The highest BCUT2D eigenvalue weighted by Crippen LogP contribution is 2.18. The predicted octanol–water partition coefficient (Wildman–Crippen LogP) is 2.85. The predicted molar refractivity (Wildman–Crippen MR) is 88.3 cm³/mol. The second-order valence-electron chi connectivity index (χ2n) is 4.81. The number of anilines is 1. The molecule has 0 bridgehead atoms. The van der Waals surface area contributed by atoms with Crippen LogP contribution in [-0.4, -0.2) is 31.4 Å². The number of aldehydes is 1. The van der Waals surface area contributed by atoms with E-state index in [0.29, 0.717) is 17.6 Å². The SMILES string of the molecule is O=Cc1ccc(OCC(=O)OCC(=O)Nc2ccc(Cl)cc2F)cc1. The summed E-state index contributed by atoms with van der Waals surface area (Å²) in [6.45, 7) is -1.00. The van der Waals surface area contributed by atoms with E-state index in [2.05, 4.69) is 5.32 Å². The summed E-state index contributed by atoms with van der Waals surface area (Å²) in [7, 11) is 0. The minimum absolute atomic E-state index is 0.0723. The summed E-state index contributed by atoms with van der Waals surface area (Å²) in [6, 6.07) is 9.86. The molecule has 0 aliphatic rings. The number of amides is 1. The van der Waals surface area contributed by atoms with Crippen molar-refractivity contribution in [3.63, 3.8) is 0 Å². The molecule has 2 aromatic rings. The van der Waals surface area contributed by atoms with Gasteiger partial charge in [0, 0.05) is 10.6 Å². The molecule has 0 fully saturated rings. The Kier molecular flexibility index (Phi) is 6.47. The second kappa shape index (κ2) is 8.79. The van der Waals surface area contributed by atoms with Gasteiger partial charge >= 0.3 is 5.97 Å². The summed E-state index contributed by atoms with van der Waals surface area (Å²) in [5.74, 6) is -1.80. The van der Waals surface area contributed by atoms with Gasteiger partial charge in [0.15, 0.2) is 13.2 Å². The first-order valence-corrected chi connectivity index (χ1v) is 7.44. The van der Waals surface area contributed by atoms with E-state index >= 15 is 0 Å². The lowest BCUT2D eigenvalue weighted by molar-refractivity contribution is -0.149. The zero-order chi connectivity index (χ0) is 18.2. The van der Waals surface area contributed by atoms with Crippen LogP contribution in [0.3, 0.4) is 0 Å². The molecule has 2 aromatic carbocycles. The van der Waals surface area contributed by atoms with E-state index in [1.165, 1.54) is 36.4 Å². The van der Waals surface area contributed by atoms with Gasteiger partial charge < -0.3 is 14.8 Å². The van der Waals surface area contributed by atoms with Gasteiger partial charge in [-0.3, -0.25) is 9.59 Å². The standard InChI is InChI=1S/C17H13ClFNO5/c18-12-3-6-15(14(19)7-12)20-16(22)9-25-17(23)10-24-13-4-1-11(8-21)2-5-13/h1-8H,9-10H2,(H,20,22). The van der Waals surface area contributed by atoms with E-state index in [0.717, 1.165) is 6.07 Å². The van der Waals surface area contributed by atoms with Gasteiger partial charge in [0.1, 0.15) is 17.9 Å². The van der Waals surface area contributed by atoms with E-state index in [9.17, 15) is 18.8 Å². The molecule has 0 aromatic heterocycles. The molecule has 2 rings (SSSR count). The smallest absolute Gasteiger partial charge is 0.344 e. The molecule has 8 heteroatoms. The van der Waals surface area contributed by atoms with E-state index in [-0.39, 0.29) is 10.7 Å². The van der Waals surface area contributed by atoms with Crippen molar-refractivity contribution >= 4 is 35.5 Å². The number of hydrogen-bond donors (Lipinski definition) is 1. The molecular formula is C17H13ClFNO5. The summed E-state index contributed by atoms with van der Waals surface area (Å²) < 4.78 is 23.4. The fourth-order valence-electron chi connectivity index (χ4n) is 1.75. The van der Waals surface area contributed by atoms with Gasteiger partial charge in [-0.1, -0.05) is 11.6 Å². The van der Waals surface area contributed by atoms with Crippen molar-refractivity contribution in [2.75, 3.05) is 18.5 Å². The topological polar surface area (TPSA) is 81.7 Å². The van der Waals surface area contributed by atoms with Crippen molar-refractivity contribution in [2.24, 2.45) is 0 Å². The Labute approximate surface area is 147 Å². The number of esters is 1. The second-order valence-corrected chi connectivity index (χ2v) is 5.25. The number of rotatable bonds is 7. The lowest BCUT2D eigenvalue weighted by atomic mass is 10.2. The fraction of sp³-hybridized carbons (Fsp3) is 0.118. The van der Waals surface area contributed by atoms with Crippen LogP contribution in [0, 0.1) is 5.82 Å². The van der Waals surface area contributed by atoms with Crippen LogP contribution < -0.4 is 10.1 Å². The van der Waals surface area contributed by atoms with Crippen molar-refractivity contribution in [1.29, 1.82) is 0 Å². The van der Waals surface area contributed by atoms with Crippen molar-refractivity contribution in [1.82, 2.24) is 0 Å². The van der Waals surface area contributed by atoms with Crippen LogP contribution in [0.25, 0.3) is 0 Å². The van der Waals surface area contributed by atoms with E-state index in [4.69, 9.17) is 21.1 Å². The van der Waals surface area contributed by atoms with Crippen LogP contribution in [0.5, 0.6) is 5.75 Å². The number of nitrogens with one attached hydrogen (secondary N) is 1. The highest BCUT2D eigenvalue weighted by molar-refractivity contribution is 6.30. The average Bonchev–Trinajstić information content (AvgIpc) is 2.61. The maximum absolute atomic E-state index is 13.5. The zero-order valence-corrected chi connectivity index (χ0v) is 13.6. The Morgan fingerprint density at radius 2 is 1.84 bits per heavy atom. The van der Waals surface area contributed by atoms with E-state index in [1.54, 1.807) is 0 Å². The number of benzene rings is 2. The van der Waals surface area contributed by atoms with E-state index in [1.807, 2.05) is 0 Å². The summed E-state index contributed by atoms with van der Waals surface area (Å²) in [4.78, 5) is 33.7. The van der Waals surface area contributed by atoms with Gasteiger partial charge in [-0.15, -0.1) is 0 Å². The third kappa shape index (κ3) is 5.89. The minimum Gasteiger partial charge on any atom is -0.482 e. The van der Waals surface area contributed by atoms with Crippen molar-refractivity contribution < 1.29 is 28.2 Å². The molecule has 0 aliphatic heterocycles. The van der Waals surface area contributed by atoms with Crippen LogP contribution in [0.15, 0.2) is 42.5 Å². The maximum atomic E-state index is 13.5. The Morgan fingerprint density at radius 1 is 1.12 bits per heavy atom. The lowest BCUT2D eigenvalue weighted by Gasteiger charge is -2.08. The zero-order valence-electron chi connectivity index (χ0n) is 12.8. The Balaban J connectivity index is 1.75. The highest BCUT2D eigenvalue weighted by Gasteiger charge is 2.11. The monoisotopic (exact) mass is 365 g/mol. The highest BCUT2D eigenvalue weighted by atomic mass is 35.5. The molecule has 0 heterocycles. The third-order valence-electron chi connectivity index (χ3n) is 2.94. The Hall–Kier alpha value is -2.93. The van der Waals surface area contributed by atoms with Gasteiger partial charge in [0.05, 0.1) is 5.69 Å². The molecule has 0 spiro atoms. The normalized spacial score (nSPS) is 10.0. The van der Waals surface area contributed by atoms with Crippen LogP contribution in [-0.2, 0) is 14.3 Å².